The van der Waals surface area contributed by atoms with Crippen LogP contribution in [0.25, 0.3) is 0 Å². The first-order valence-electron chi connectivity index (χ1n) is 7.15. The zero-order valence-electron chi connectivity index (χ0n) is 13.0. The van der Waals surface area contributed by atoms with Crippen LogP contribution in [0.5, 0.6) is 5.75 Å². The van der Waals surface area contributed by atoms with E-state index in [1.807, 2.05) is 0 Å². The zero-order chi connectivity index (χ0) is 16.5. The topological polar surface area (TPSA) is 83.9 Å². The predicted molar refractivity (Wildman–Crippen MR) is 81.6 cm³/mol. The Bertz CT molecular complexity index is 683. The van der Waals surface area contributed by atoms with E-state index in [9.17, 15) is 13.2 Å². The van der Waals surface area contributed by atoms with Crippen LogP contribution in [0.2, 0.25) is 0 Å². The molecule has 1 fully saturated rings. The van der Waals surface area contributed by atoms with E-state index in [-0.39, 0.29) is 11.4 Å². The Hall–Kier alpha value is -1.60. The predicted octanol–water partition coefficient (Wildman–Crippen LogP) is 1.80. The van der Waals surface area contributed by atoms with Crippen molar-refractivity contribution in [1.29, 1.82) is 0 Å². The van der Waals surface area contributed by atoms with Gasteiger partial charge in [0.05, 0.1) is 17.9 Å². The van der Waals surface area contributed by atoms with E-state index in [0.29, 0.717) is 30.7 Å². The Morgan fingerprint density at radius 1 is 1.32 bits per heavy atom. The van der Waals surface area contributed by atoms with E-state index < -0.39 is 21.9 Å². The fourth-order valence-corrected chi connectivity index (χ4v) is 4.58. The lowest BCUT2D eigenvalue weighted by Gasteiger charge is -2.30. The van der Waals surface area contributed by atoms with Gasteiger partial charge < -0.3 is 9.84 Å². The number of nitrogens with zero attached hydrogens (tertiary/aromatic N) is 1. The number of carboxylic acids is 1. The molecule has 1 unspecified atom stereocenters. The van der Waals surface area contributed by atoms with Crippen LogP contribution in [0.4, 0.5) is 0 Å². The van der Waals surface area contributed by atoms with Crippen molar-refractivity contribution in [2.24, 2.45) is 5.92 Å². The number of piperidine rings is 1. The summed E-state index contributed by atoms with van der Waals surface area (Å²) in [6.45, 7) is 3.89. The average Bonchev–Trinajstić information content (AvgIpc) is 2.49. The maximum absolute atomic E-state index is 12.8. The fourth-order valence-electron chi connectivity index (χ4n) is 2.76. The Kier molecular flexibility index (Phi) is 4.77. The van der Waals surface area contributed by atoms with Gasteiger partial charge in [-0.2, -0.15) is 4.31 Å². The molecule has 0 aliphatic carbocycles. The summed E-state index contributed by atoms with van der Waals surface area (Å²) in [5.74, 6) is -0.941. The molecule has 0 radical (unpaired) electrons. The van der Waals surface area contributed by atoms with Crippen molar-refractivity contribution in [2.75, 3.05) is 20.2 Å². The molecule has 6 nitrogen and oxygen atoms in total. The third-order valence-electron chi connectivity index (χ3n) is 4.04. The lowest BCUT2D eigenvalue weighted by Crippen LogP contribution is -2.42. The monoisotopic (exact) mass is 327 g/mol. The number of benzene rings is 1. The summed E-state index contributed by atoms with van der Waals surface area (Å²) in [7, 11) is -2.15. The SMILES string of the molecule is COc1cc(C)c(S(=O)(=O)N2CCCC(C(=O)O)C2)cc1C. The first kappa shape index (κ1) is 16.8. The molecular formula is C15H21NO5S. The Morgan fingerprint density at radius 2 is 2.00 bits per heavy atom. The molecule has 122 valence electrons. The van der Waals surface area contributed by atoms with E-state index in [1.54, 1.807) is 26.0 Å². The van der Waals surface area contributed by atoms with Gasteiger partial charge in [0, 0.05) is 13.1 Å². The molecule has 22 heavy (non-hydrogen) atoms. The smallest absolute Gasteiger partial charge is 0.307 e. The lowest BCUT2D eigenvalue weighted by atomic mass is 10.0. The Morgan fingerprint density at radius 3 is 2.59 bits per heavy atom. The first-order chi connectivity index (χ1) is 10.3. The van der Waals surface area contributed by atoms with Crippen molar-refractivity contribution in [2.45, 2.75) is 31.6 Å². The number of carbonyl (C=O) groups is 1. The lowest BCUT2D eigenvalue weighted by molar-refractivity contribution is -0.142. The van der Waals surface area contributed by atoms with Crippen LogP contribution in [0.3, 0.4) is 0 Å². The van der Waals surface area contributed by atoms with Gasteiger partial charge in [0.25, 0.3) is 0 Å². The van der Waals surface area contributed by atoms with Crippen molar-refractivity contribution in [3.8, 4) is 5.75 Å². The maximum atomic E-state index is 12.8. The van der Waals surface area contributed by atoms with E-state index >= 15 is 0 Å². The number of aliphatic carboxylic acids is 1. The molecule has 1 atom stereocenters. The second kappa shape index (κ2) is 6.26. The van der Waals surface area contributed by atoms with Crippen LogP contribution >= 0.6 is 0 Å². The highest BCUT2D eigenvalue weighted by atomic mass is 32.2. The quantitative estimate of drug-likeness (QED) is 0.911. The minimum Gasteiger partial charge on any atom is -0.496 e. The molecule has 1 aliphatic heterocycles. The van der Waals surface area contributed by atoms with Crippen molar-refractivity contribution >= 4 is 16.0 Å². The van der Waals surface area contributed by atoms with Crippen LogP contribution < -0.4 is 4.74 Å². The Balaban J connectivity index is 2.38. The van der Waals surface area contributed by atoms with Crippen molar-refractivity contribution < 1.29 is 23.1 Å². The normalized spacial score (nSPS) is 19.9. The van der Waals surface area contributed by atoms with Crippen LogP contribution in [-0.4, -0.2) is 44.0 Å². The average molecular weight is 327 g/mol. The second-order valence-corrected chi connectivity index (χ2v) is 7.53. The van der Waals surface area contributed by atoms with E-state index in [0.717, 1.165) is 5.56 Å². The molecule has 1 saturated heterocycles. The largest absolute Gasteiger partial charge is 0.496 e. The summed E-state index contributed by atoms with van der Waals surface area (Å²) in [4.78, 5) is 11.3. The standard InChI is InChI=1S/C15H21NO5S/c1-10-8-14(11(2)7-13(10)21-3)22(19,20)16-6-4-5-12(9-16)15(17)18/h7-8,12H,4-6,9H2,1-3H3,(H,17,18). The van der Waals surface area contributed by atoms with Crippen LogP contribution in [0.1, 0.15) is 24.0 Å². The van der Waals surface area contributed by atoms with Gasteiger partial charge in [-0.25, -0.2) is 8.42 Å². The summed E-state index contributed by atoms with van der Waals surface area (Å²) >= 11 is 0. The summed E-state index contributed by atoms with van der Waals surface area (Å²) in [5, 5.41) is 9.12. The molecule has 0 bridgehead atoms. The molecule has 1 aromatic carbocycles. The van der Waals surface area contributed by atoms with Crippen LogP contribution in [0, 0.1) is 19.8 Å². The third kappa shape index (κ3) is 3.10. The highest BCUT2D eigenvalue weighted by molar-refractivity contribution is 7.89. The molecule has 1 heterocycles. The number of methoxy groups -OCH3 is 1. The van der Waals surface area contributed by atoms with Crippen LogP contribution in [-0.2, 0) is 14.8 Å². The van der Waals surface area contributed by atoms with E-state index in [2.05, 4.69) is 0 Å². The number of carboxylic acid groups (broad SMARTS) is 1. The summed E-state index contributed by atoms with van der Waals surface area (Å²) in [6, 6.07) is 3.29. The zero-order valence-corrected chi connectivity index (χ0v) is 13.8. The number of rotatable bonds is 4. The molecule has 1 N–H and O–H groups in total. The molecule has 0 aromatic heterocycles. The molecule has 0 amide bonds. The van der Waals surface area contributed by atoms with Gasteiger partial charge in [-0.3, -0.25) is 4.79 Å². The number of aryl methyl sites for hydroxylation is 2. The molecule has 1 aliphatic rings. The van der Waals surface area contributed by atoms with Gasteiger partial charge in [-0.1, -0.05) is 0 Å². The number of ether oxygens (including phenoxy) is 1. The van der Waals surface area contributed by atoms with Gasteiger partial charge >= 0.3 is 5.97 Å². The highest BCUT2D eigenvalue weighted by Gasteiger charge is 2.34. The molecular weight excluding hydrogens is 306 g/mol. The third-order valence-corrected chi connectivity index (χ3v) is 6.05. The molecule has 0 saturated carbocycles. The van der Waals surface area contributed by atoms with Gasteiger partial charge in [0.1, 0.15) is 5.75 Å². The number of hydrogen-bond donors (Lipinski definition) is 1. The van der Waals surface area contributed by atoms with Crippen molar-refractivity contribution in [3.63, 3.8) is 0 Å². The number of sulfonamides is 1. The molecule has 0 spiro atoms. The van der Waals surface area contributed by atoms with Gasteiger partial charge in [0.15, 0.2) is 0 Å². The van der Waals surface area contributed by atoms with Gasteiger partial charge in [-0.15, -0.1) is 0 Å². The number of hydrogen-bond acceptors (Lipinski definition) is 4. The molecule has 1 aromatic rings. The first-order valence-corrected chi connectivity index (χ1v) is 8.59. The molecule has 7 heteroatoms. The molecule has 2 rings (SSSR count). The highest BCUT2D eigenvalue weighted by Crippen LogP contribution is 2.30. The van der Waals surface area contributed by atoms with Crippen molar-refractivity contribution in [3.05, 3.63) is 23.3 Å². The van der Waals surface area contributed by atoms with E-state index in [4.69, 9.17) is 9.84 Å². The second-order valence-electron chi connectivity index (χ2n) is 5.63. The Labute approximate surface area is 130 Å². The summed E-state index contributed by atoms with van der Waals surface area (Å²) < 4.78 is 32.1. The van der Waals surface area contributed by atoms with Crippen molar-refractivity contribution in [1.82, 2.24) is 4.31 Å². The maximum Gasteiger partial charge on any atom is 0.307 e. The van der Waals surface area contributed by atoms with E-state index in [1.165, 1.54) is 11.4 Å². The van der Waals surface area contributed by atoms with Crippen LogP contribution in [0.15, 0.2) is 17.0 Å². The summed E-state index contributed by atoms with van der Waals surface area (Å²) in [5.41, 5.74) is 1.33. The minimum atomic E-state index is -3.69. The minimum absolute atomic E-state index is 0.0299. The van der Waals surface area contributed by atoms with Gasteiger partial charge in [0.2, 0.25) is 10.0 Å². The summed E-state index contributed by atoms with van der Waals surface area (Å²) in [6.07, 6.45) is 1.08. The fraction of sp³-hybridized carbons (Fsp3) is 0.533. The van der Waals surface area contributed by atoms with Gasteiger partial charge in [-0.05, 0) is 49.9 Å².